The van der Waals surface area contributed by atoms with Crippen LogP contribution in [-0.2, 0) is 21.7 Å². The zero-order chi connectivity index (χ0) is 15.3. The Hall–Kier alpha value is -2.23. The van der Waals surface area contributed by atoms with Gasteiger partial charge in [-0.2, -0.15) is 0 Å². The number of rotatable bonds is 0. The first-order valence-electron chi connectivity index (χ1n) is 6.34. The van der Waals surface area contributed by atoms with Gasteiger partial charge in [0, 0.05) is 0 Å². The van der Waals surface area contributed by atoms with Gasteiger partial charge in [-0.05, 0) is 0 Å². The van der Waals surface area contributed by atoms with Gasteiger partial charge in [-0.3, -0.25) is 0 Å². The standard InChI is InChI=1S/3C6H6O.Ti/c3*7-6-4-2-1-3-5-6;/h3*1-5,7H;/q;;;+4/p-3. The van der Waals surface area contributed by atoms with Crippen molar-refractivity contribution in [1.29, 1.82) is 0 Å². The van der Waals surface area contributed by atoms with E-state index >= 15 is 0 Å². The Balaban J connectivity index is 0.000000294. The molecule has 0 aliphatic rings. The van der Waals surface area contributed by atoms with Gasteiger partial charge in [-0.25, -0.2) is 0 Å². The Morgan fingerprint density at radius 3 is 0.636 bits per heavy atom. The molecular formula is C18H15O3Ti+. The average molecular weight is 327 g/mol. The Kier molecular flexibility index (Phi) is 11.2. The number of hydrogen-bond donors (Lipinski definition) is 0. The van der Waals surface area contributed by atoms with Crippen molar-refractivity contribution in [3.63, 3.8) is 0 Å². The average Bonchev–Trinajstić information content (AvgIpc) is 2.51. The fourth-order valence-electron chi connectivity index (χ4n) is 1.26. The maximum Gasteiger partial charge on any atom is 4.00 e. The molecule has 0 N–H and O–H groups in total. The van der Waals surface area contributed by atoms with Crippen LogP contribution in [0, 0.1) is 0 Å². The van der Waals surface area contributed by atoms with E-state index in [1.807, 2.05) is 18.2 Å². The monoisotopic (exact) mass is 327 g/mol. The van der Waals surface area contributed by atoms with Crippen LogP contribution in [-0.4, -0.2) is 0 Å². The van der Waals surface area contributed by atoms with E-state index < -0.39 is 0 Å². The summed E-state index contributed by atoms with van der Waals surface area (Å²) < 4.78 is 0. The summed E-state index contributed by atoms with van der Waals surface area (Å²) in [7, 11) is 0. The first-order chi connectivity index (χ1) is 10.2. The molecule has 0 saturated carbocycles. The largest absolute Gasteiger partial charge is 4.00 e. The van der Waals surface area contributed by atoms with Crippen LogP contribution < -0.4 is 15.3 Å². The molecule has 0 radical (unpaired) electrons. The third kappa shape index (κ3) is 10.5. The van der Waals surface area contributed by atoms with Gasteiger partial charge in [0.2, 0.25) is 0 Å². The van der Waals surface area contributed by atoms with E-state index in [9.17, 15) is 15.3 Å². The second-order valence-electron chi connectivity index (χ2n) is 3.94. The molecule has 0 bridgehead atoms. The van der Waals surface area contributed by atoms with Gasteiger partial charge in [-0.1, -0.05) is 91.0 Å². The summed E-state index contributed by atoms with van der Waals surface area (Å²) in [6.45, 7) is 0. The van der Waals surface area contributed by atoms with Crippen LogP contribution in [0.3, 0.4) is 0 Å². The van der Waals surface area contributed by atoms with Gasteiger partial charge in [0.1, 0.15) is 0 Å². The fourth-order valence-corrected chi connectivity index (χ4v) is 1.26. The molecule has 0 amide bonds. The summed E-state index contributed by atoms with van der Waals surface area (Å²) >= 11 is 0. The molecule has 0 spiro atoms. The van der Waals surface area contributed by atoms with E-state index in [1.54, 1.807) is 36.4 Å². The van der Waals surface area contributed by atoms with E-state index in [4.69, 9.17) is 0 Å². The molecule has 3 nitrogen and oxygen atoms in total. The van der Waals surface area contributed by atoms with Crippen molar-refractivity contribution in [3.8, 4) is 17.2 Å². The predicted molar refractivity (Wildman–Crippen MR) is 77.7 cm³/mol. The molecule has 0 aromatic heterocycles. The topological polar surface area (TPSA) is 69.2 Å². The van der Waals surface area contributed by atoms with Crippen molar-refractivity contribution in [2.24, 2.45) is 0 Å². The van der Waals surface area contributed by atoms with Gasteiger partial charge < -0.3 is 15.3 Å². The van der Waals surface area contributed by atoms with E-state index in [2.05, 4.69) is 0 Å². The van der Waals surface area contributed by atoms with Crippen LogP contribution >= 0.6 is 0 Å². The second kappa shape index (κ2) is 12.5. The molecule has 0 saturated heterocycles. The quantitative estimate of drug-likeness (QED) is 0.595. The normalized spacial score (nSPS) is 8.18. The van der Waals surface area contributed by atoms with Crippen LogP contribution in [0.5, 0.6) is 17.2 Å². The number of hydrogen-bond acceptors (Lipinski definition) is 3. The van der Waals surface area contributed by atoms with Crippen molar-refractivity contribution < 1.29 is 37.0 Å². The second-order valence-corrected chi connectivity index (χ2v) is 3.94. The molecule has 4 heteroatoms. The zero-order valence-corrected chi connectivity index (χ0v) is 13.4. The summed E-state index contributed by atoms with van der Waals surface area (Å²) in [5, 5.41) is 30.8. The molecule has 108 valence electrons. The minimum Gasteiger partial charge on any atom is -0.872 e. The van der Waals surface area contributed by atoms with Crippen molar-refractivity contribution >= 4 is 0 Å². The smallest absolute Gasteiger partial charge is 0.872 e. The first-order valence-corrected chi connectivity index (χ1v) is 6.34. The van der Waals surface area contributed by atoms with Gasteiger partial charge in [0.15, 0.2) is 0 Å². The van der Waals surface area contributed by atoms with Crippen LogP contribution in [0.4, 0.5) is 0 Å². The molecule has 0 unspecified atom stereocenters. The SMILES string of the molecule is [O-]c1ccccc1.[O-]c1ccccc1.[O-]c1ccccc1.[Ti+4]. The molecular weight excluding hydrogens is 312 g/mol. The molecule has 22 heavy (non-hydrogen) atoms. The van der Waals surface area contributed by atoms with Gasteiger partial charge >= 0.3 is 21.7 Å². The maximum absolute atomic E-state index is 10.3. The molecule has 0 fully saturated rings. The third-order valence-corrected chi connectivity index (χ3v) is 2.23. The van der Waals surface area contributed by atoms with Gasteiger partial charge in [0.05, 0.1) is 0 Å². The summed E-state index contributed by atoms with van der Waals surface area (Å²) in [6.07, 6.45) is 0. The summed E-state index contributed by atoms with van der Waals surface area (Å²) in [5.74, 6) is 0.215. The molecule has 0 aliphatic heterocycles. The van der Waals surface area contributed by atoms with Gasteiger partial charge in [-0.15, -0.1) is 17.2 Å². The van der Waals surface area contributed by atoms with Gasteiger partial charge in [0.25, 0.3) is 0 Å². The Bertz CT molecular complexity index is 497. The number of benzene rings is 3. The predicted octanol–water partition coefficient (Wildman–Crippen LogP) is 2.28. The van der Waals surface area contributed by atoms with Crippen LogP contribution in [0.1, 0.15) is 0 Å². The van der Waals surface area contributed by atoms with E-state index in [0.717, 1.165) is 0 Å². The van der Waals surface area contributed by atoms with Crippen molar-refractivity contribution in [2.45, 2.75) is 0 Å². The van der Waals surface area contributed by atoms with Crippen molar-refractivity contribution in [2.75, 3.05) is 0 Å². The maximum atomic E-state index is 10.3. The molecule has 0 heterocycles. The summed E-state index contributed by atoms with van der Waals surface area (Å²) in [5.41, 5.74) is 0. The fraction of sp³-hybridized carbons (Fsp3) is 0. The van der Waals surface area contributed by atoms with E-state index in [0.29, 0.717) is 0 Å². The minimum atomic E-state index is 0. The Labute approximate surface area is 145 Å². The summed E-state index contributed by atoms with van der Waals surface area (Å²) in [6, 6.07) is 25.0. The van der Waals surface area contributed by atoms with Crippen LogP contribution in [0.25, 0.3) is 0 Å². The van der Waals surface area contributed by atoms with Crippen LogP contribution in [0.2, 0.25) is 0 Å². The Morgan fingerprint density at radius 2 is 0.545 bits per heavy atom. The third-order valence-electron chi connectivity index (χ3n) is 2.23. The molecule has 3 aromatic carbocycles. The van der Waals surface area contributed by atoms with Crippen LogP contribution in [0.15, 0.2) is 91.0 Å². The molecule has 0 aliphatic carbocycles. The Morgan fingerprint density at radius 1 is 0.364 bits per heavy atom. The molecule has 3 aromatic rings. The first kappa shape index (κ1) is 19.8. The van der Waals surface area contributed by atoms with E-state index in [1.165, 1.54) is 36.4 Å². The molecule has 0 atom stereocenters. The van der Waals surface area contributed by atoms with Crippen molar-refractivity contribution in [1.82, 2.24) is 0 Å². The zero-order valence-electron chi connectivity index (χ0n) is 11.9. The molecule has 3 rings (SSSR count). The summed E-state index contributed by atoms with van der Waals surface area (Å²) in [4.78, 5) is 0. The van der Waals surface area contributed by atoms with E-state index in [-0.39, 0.29) is 39.0 Å². The minimum absolute atomic E-state index is 0. The van der Waals surface area contributed by atoms with Crippen molar-refractivity contribution in [3.05, 3.63) is 91.0 Å². The number of para-hydroxylation sites is 3.